The summed E-state index contributed by atoms with van der Waals surface area (Å²) in [5, 5.41) is 22.4. The minimum Gasteiger partial charge on any atom is -0.481 e. The van der Waals surface area contributed by atoms with Crippen LogP contribution in [0.25, 0.3) is 0 Å². The van der Waals surface area contributed by atoms with E-state index in [0.29, 0.717) is 0 Å². The second kappa shape index (κ2) is 30.8. The summed E-state index contributed by atoms with van der Waals surface area (Å²) in [6.07, 6.45) is 18.6. The first-order valence-electron chi connectivity index (χ1n) is 19.8. The highest BCUT2D eigenvalue weighted by Crippen LogP contribution is 2.17. The molecule has 0 aliphatic carbocycles. The summed E-state index contributed by atoms with van der Waals surface area (Å²) in [5.74, 6) is -2.71. The maximum absolute atomic E-state index is 12.9. The molecule has 17 nitrogen and oxygen atoms in total. The first-order valence-corrected chi connectivity index (χ1v) is 21.3. The molecule has 2 aromatic rings. The molecule has 1 aromatic carbocycles. The molecule has 0 bridgehead atoms. The van der Waals surface area contributed by atoms with Gasteiger partial charge in [0.05, 0.1) is 50.1 Å². The number of benzene rings is 1. The molecule has 0 atom stereocenters. The van der Waals surface area contributed by atoms with Gasteiger partial charge in [0.1, 0.15) is 13.2 Å². The summed E-state index contributed by atoms with van der Waals surface area (Å²) in [6.45, 7) is 1.07. The maximum Gasteiger partial charge on any atom is 0.329 e. The molecule has 0 fully saturated rings. The van der Waals surface area contributed by atoms with Crippen molar-refractivity contribution in [1.29, 1.82) is 0 Å². The van der Waals surface area contributed by atoms with Gasteiger partial charge in [0.25, 0.3) is 15.9 Å². The van der Waals surface area contributed by atoms with E-state index in [-0.39, 0.29) is 94.7 Å². The Balaban J connectivity index is 1.50. The lowest BCUT2D eigenvalue weighted by atomic mass is 10.0. The van der Waals surface area contributed by atoms with E-state index < -0.39 is 27.9 Å². The number of amides is 2. The largest absolute Gasteiger partial charge is 0.481 e. The van der Waals surface area contributed by atoms with Crippen molar-refractivity contribution in [2.45, 2.75) is 101 Å². The molecule has 320 valence electrons. The third kappa shape index (κ3) is 25.6. The summed E-state index contributed by atoms with van der Waals surface area (Å²) in [7, 11) is -3.93. The van der Waals surface area contributed by atoms with E-state index in [1.54, 1.807) is 12.1 Å². The van der Waals surface area contributed by atoms with Crippen LogP contribution in [-0.2, 0) is 49.8 Å². The summed E-state index contributed by atoms with van der Waals surface area (Å²) in [5.41, 5.74) is 1.21. The van der Waals surface area contributed by atoms with Crippen LogP contribution in [-0.4, -0.2) is 118 Å². The highest BCUT2D eigenvalue weighted by Gasteiger charge is 2.16. The van der Waals surface area contributed by atoms with Crippen molar-refractivity contribution in [3.05, 3.63) is 47.8 Å². The third-order valence-electron chi connectivity index (χ3n) is 8.53. The number of nitrogens with one attached hydrogen (secondary N) is 3. The van der Waals surface area contributed by atoms with Crippen LogP contribution in [0, 0.1) is 0 Å². The first-order chi connectivity index (χ1) is 27.6. The van der Waals surface area contributed by atoms with Crippen LogP contribution < -0.4 is 15.4 Å². The van der Waals surface area contributed by atoms with Crippen LogP contribution in [0.3, 0.4) is 0 Å². The highest BCUT2D eigenvalue weighted by atomic mass is 32.2. The summed E-state index contributed by atoms with van der Waals surface area (Å²) >= 11 is 0. The molecular weight excluding hydrogens is 763 g/mol. The highest BCUT2D eigenvalue weighted by molar-refractivity contribution is 7.92. The molecule has 5 N–H and O–H groups in total. The molecule has 2 amide bonds. The van der Waals surface area contributed by atoms with Crippen LogP contribution >= 0.6 is 0 Å². The van der Waals surface area contributed by atoms with E-state index in [4.69, 9.17) is 29.2 Å². The molecule has 0 aliphatic rings. The number of aliphatic carboxylic acids is 2. The van der Waals surface area contributed by atoms with E-state index in [1.807, 2.05) is 12.1 Å². The average Bonchev–Trinajstić information content (AvgIpc) is 3.18. The van der Waals surface area contributed by atoms with Gasteiger partial charge in [-0.3, -0.25) is 14.4 Å². The van der Waals surface area contributed by atoms with E-state index in [1.165, 1.54) is 63.8 Å². The maximum atomic E-state index is 12.9. The van der Waals surface area contributed by atoms with Crippen molar-refractivity contribution in [1.82, 2.24) is 20.6 Å². The zero-order valence-corrected chi connectivity index (χ0v) is 33.7. The van der Waals surface area contributed by atoms with Crippen molar-refractivity contribution in [2.75, 3.05) is 70.7 Å². The Kier molecular flexibility index (Phi) is 26.5. The van der Waals surface area contributed by atoms with Gasteiger partial charge in [0, 0.05) is 31.9 Å². The SMILES string of the molecule is O=C(O)CCCCCCCCCCCCCCCc1ccc(S(=O)(=O)Nc2ncc(C(=O)NCCOCCOCC(=O)NCCOCCOCC(=O)O)cn2)cc1. The van der Waals surface area contributed by atoms with Crippen molar-refractivity contribution in [3.8, 4) is 0 Å². The van der Waals surface area contributed by atoms with Gasteiger partial charge in [-0.2, -0.15) is 0 Å². The number of unbranched alkanes of at least 4 members (excludes halogenated alkanes) is 12. The molecule has 1 aromatic heterocycles. The van der Waals surface area contributed by atoms with Crippen LogP contribution in [0.5, 0.6) is 0 Å². The number of carboxylic acids is 2. The topological polar surface area (TPSA) is 242 Å². The number of carbonyl (C=O) groups is 4. The number of rotatable bonds is 36. The number of aryl methyl sites for hydroxylation is 1. The fourth-order valence-electron chi connectivity index (χ4n) is 5.48. The normalized spacial score (nSPS) is 11.3. The minimum absolute atomic E-state index is 0.0876. The lowest BCUT2D eigenvalue weighted by Crippen LogP contribution is -2.31. The Morgan fingerprint density at radius 1 is 0.579 bits per heavy atom. The summed E-state index contributed by atoms with van der Waals surface area (Å²) in [4.78, 5) is 53.1. The van der Waals surface area contributed by atoms with E-state index >= 15 is 0 Å². The Bertz CT molecular complexity index is 1530. The number of sulfonamides is 1. The summed E-state index contributed by atoms with van der Waals surface area (Å²) < 4.78 is 48.8. The number of hydrogen-bond donors (Lipinski definition) is 5. The Hall–Kier alpha value is -4.23. The second-order valence-electron chi connectivity index (χ2n) is 13.4. The Labute approximate surface area is 336 Å². The van der Waals surface area contributed by atoms with Crippen molar-refractivity contribution in [2.24, 2.45) is 0 Å². The van der Waals surface area contributed by atoms with Crippen LogP contribution in [0.15, 0.2) is 41.6 Å². The number of ether oxygens (including phenoxy) is 4. The average molecular weight is 824 g/mol. The number of carbonyl (C=O) groups excluding carboxylic acids is 2. The predicted octanol–water partition coefficient (Wildman–Crippen LogP) is 4.36. The molecule has 2 rings (SSSR count). The number of hydrogen-bond acceptors (Lipinski definition) is 12. The number of anilines is 1. The fraction of sp³-hybridized carbons (Fsp3) is 0.641. The van der Waals surface area contributed by atoms with Gasteiger partial charge in [0.15, 0.2) is 0 Å². The van der Waals surface area contributed by atoms with E-state index in [9.17, 15) is 27.6 Å². The van der Waals surface area contributed by atoms with Gasteiger partial charge in [-0.15, -0.1) is 0 Å². The van der Waals surface area contributed by atoms with Gasteiger partial charge in [-0.1, -0.05) is 82.8 Å². The number of aromatic nitrogens is 2. The molecule has 57 heavy (non-hydrogen) atoms. The zero-order chi connectivity index (χ0) is 41.4. The molecule has 0 saturated heterocycles. The first kappa shape index (κ1) is 48.9. The molecule has 0 radical (unpaired) electrons. The Morgan fingerprint density at radius 2 is 1.07 bits per heavy atom. The molecular formula is C39H61N5O12S. The molecule has 0 saturated carbocycles. The van der Waals surface area contributed by atoms with Crippen molar-refractivity contribution in [3.63, 3.8) is 0 Å². The van der Waals surface area contributed by atoms with Crippen molar-refractivity contribution >= 4 is 39.7 Å². The molecule has 0 unspecified atom stereocenters. The van der Waals surface area contributed by atoms with Crippen LogP contribution in [0.2, 0.25) is 0 Å². The second-order valence-corrected chi connectivity index (χ2v) is 15.0. The molecule has 18 heteroatoms. The monoisotopic (exact) mass is 823 g/mol. The standard InChI is InChI=1S/C39H61N5O12S/c45-35(40-20-22-53-25-27-56-31-37(48)49)30-55-26-24-54-23-21-41-38(50)33-28-42-39(43-29-33)44-57(51,52)34-18-16-32(17-19-34)14-12-10-8-6-4-2-1-3-5-7-9-11-13-15-36(46)47/h16-19,28-29H,1-15,20-27,30-31H2,(H,40,45)(H,41,50)(H,46,47)(H,48,49)(H,42,43,44). The molecule has 0 spiro atoms. The van der Waals surface area contributed by atoms with E-state index in [2.05, 4.69) is 25.3 Å². The van der Waals surface area contributed by atoms with Gasteiger partial charge < -0.3 is 39.8 Å². The lowest BCUT2D eigenvalue weighted by molar-refractivity contribution is -0.143. The van der Waals surface area contributed by atoms with Crippen LogP contribution in [0.1, 0.15) is 106 Å². The summed E-state index contributed by atoms with van der Waals surface area (Å²) in [6, 6.07) is 6.77. The smallest absolute Gasteiger partial charge is 0.329 e. The number of nitrogens with zero attached hydrogens (tertiary/aromatic N) is 2. The fourth-order valence-corrected chi connectivity index (χ4v) is 6.44. The lowest BCUT2D eigenvalue weighted by Gasteiger charge is -2.09. The minimum atomic E-state index is -3.93. The van der Waals surface area contributed by atoms with E-state index in [0.717, 1.165) is 44.1 Å². The molecule has 0 aliphatic heterocycles. The zero-order valence-electron chi connectivity index (χ0n) is 32.9. The third-order valence-corrected chi connectivity index (χ3v) is 9.88. The van der Waals surface area contributed by atoms with Crippen LogP contribution in [0.4, 0.5) is 5.95 Å². The predicted molar refractivity (Wildman–Crippen MR) is 212 cm³/mol. The van der Waals surface area contributed by atoms with Gasteiger partial charge in [0.2, 0.25) is 11.9 Å². The van der Waals surface area contributed by atoms with Gasteiger partial charge in [-0.25, -0.2) is 27.9 Å². The van der Waals surface area contributed by atoms with Crippen molar-refractivity contribution < 1.29 is 56.8 Å². The Morgan fingerprint density at radius 3 is 1.61 bits per heavy atom. The van der Waals surface area contributed by atoms with Gasteiger partial charge in [-0.05, 0) is 37.0 Å². The van der Waals surface area contributed by atoms with Gasteiger partial charge >= 0.3 is 11.9 Å². The molecule has 1 heterocycles. The number of carboxylic acid groups (broad SMARTS) is 2. The quantitative estimate of drug-likeness (QED) is 0.0600.